The van der Waals surface area contributed by atoms with E-state index in [2.05, 4.69) is 0 Å². The van der Waals surface area contributed by atoms with Gasteiger partial charge >= 0.3 is 0 Å². The summed E-state index contributed by atoms with van der Waals surface area (Å²) >= 11 is 0. The normalized spacial score (nSPS) is 17.8. The van der Waals surface area contributed by atoms with Gasteiger partial charge in [-0.2, -0.15) is 0 Å². The van der Waals surface area contributed by atoms with Crippen LogP contribution in [0.25, 0.3) is 0 Å². The summed E-state index contributed by atoms with van der Waals surface area (Å²) in [7, 11) is -3.51. The maximum Gasteiger partial charge on any atom is 0.232 e. The zero-order valence-corrected chi connectivity index (χ0v) is 18.1. The first-order valence-electron chi connectivity index (χ1n) is 10.0. The van der Waals surface area contributed by atoms with E-state index in [1.165, 1.54) is 10.6 Å². The van der Waals surface area contributed by atoms with Gasteiger partial charge in [0.05, 0.1) is 25.1 Å². The molecule has 3 aromatic rings. The maximum atomic E-state index is 12.5. The van der Waals surface area contributed by atoms with E-state index >= 15 is 0 Å². The van der Waals surface area contributed by atoms with Crippen LogP contribution in [0.2, 0.25) is 0 Å². The maximum absolute atomic E-state index is 12.5. The molecule has 1 aliphatic heterocycles. The molecule has 1 fully saturated rings. The minimum Gasteiger partial charge on any atom is -0.488 e. The molecule has 0 bridgehead atoms. The van der Waals surface area contributed by atoms with Gasteiger partial charge in [-0.05, 0) is 23.3 Å². The summed E-state index contributed by atoms with van der Waals surface area (Å²) in [4.78, 5) is 0. The van der Waals surface area contributed by atoms with Gasteiger partial charge in [0.2, 0.25) is 10.0 Å². The van der Waals surface area contributed by atoms with E-state index in [9.17, 15) is 8.42 Å². The van der Waals surface area contributed by atoms with Crippen LogP contribution in [0.15, 0.2) is 84.9 Å². The first-order chi connectivity index (χ1) is 15.0. The molecule has 2 atom stereocenters. The van der Waals surface area contributed by atoms with Crippen LogP contribution in [0.4, 0.5) is 5.69 Å². The van der Waals surface area contributed by atoms with Crippen LogP contribution < -0.4 is 9.04 Å². The van der Waals surface area contributed by atoms with Gasteiger partial charge in [-0.15, -0.1) is 0 Å². The third-order valence-corrected chi connectivity index (χ3v) is 6.03. The number of anilines is 1. The highest BCUT2D eigenvalue weighted by atomic mass is 32.2. The SMILES string of the molecule is CS(=O)(=O)N(Cc1ccccc1)c1ccccc1OC[C@@H]1OC1OCc1ccccc1. The lowest BCUT2D eigenvalue weighted by Gasteiger charge is -2.24. The van der Waals surface area contributed by atoms with Gasteiger partial charge < -0.3 is 14.2 Å². The molecule has 0 amide bonds. The average Bonchev–Trinajstić information content (AvgIpc) is 3.54. The van der Waals surface area contributed by atoms with Gasteiger partial charge in [-0.3, -0.25) is 4.31 Å². The summed E-state index contributed by atoms with van der Waals surface area (Å²) in [6.07, 6.45) is 0.699. The molecule has 0 saturated carbocycles. The number of ether oxygens (including phenoxy) is 3. The summed E-state index contributed by atoms with van der Waals surface area (Å²) in [5.41, 5.74) is 2.46. The summed E-state index contributed by atoms with van der Waals surface area (Å²) in [5, 5.41) is 0. The van der Waals surface area contributed by atoms with Crippen molar-refractivity contribution in [2.45, 2.75) is 25.5 Å². The smallest absolute Gasteiger partial charge is 0.232 e. The van der Waals surface area contributed by atoms with Crippen molar-refractivity contribution in [1.82, 2.24) is 0 Å². The van der Waals surface area contributed by atoms with Crippen LogP contribution in [0, 0.1) is 0 Å². The Morgan fingerprint density at radius 3 is 2.16 bits per heavy atom. The molecule has 4 rings (SSSR count). The number of rotatable bonds is 10. The van der Waals surface area contributed by atoms with E-state index < -0.39 is 10.0 Å². The van der Waals surface area contributed by atoms with Gasteiger partial charge in [-0.25, -0.2) is 8.42 Å². The van der Waals surface area contributed by atoms with E-state index in [0.29, 0.717) is 18.0 Å². The third kappa shape index (κ3) is 5.85. The minimum absolute atomic E-state index is 0.183. The fourth-order valence-electron chi connectivity index (χ4n) is 3.23. The zero-order chi connectivity index (χ0) is 21.7. The van der Waals surface area contributed by atoms with Crippen LogP contribution >= 0.6 is 0 Å². The number of epoxide rings is 1. The topological polar surface area (TPSA) is 68.4 Å². The zero-order valence-electron chi connectivity index (χ0n) is 17.3. The van der Waals surface area contributed by atoms with Crippen LogP contribution in [-0.4, -0.2) is 33.7 Å². The Labute approximate surface area is 183 Å². The quantitative estimate of drug-likeness (QED) is 0.447. The molecule has 0 spiro atoms. The van der Waals surface area contributed by atoms with Gasteiger partial charge in [0.15, 0.2) is 6.29 Å². The van der Waals surface area contributed by atoms with Crippen molar-refractivity contribution in [2.24, 2.45) is 0 Å². The highest BCUT2D eigenvalue weighted by Gasteiger charge is 2.41. The van der Waals surface area contributed by atoms with Crippen LogP contribution in [0.5, 0.6) is 5.75 Å². The van der Waals surface area contributed by atoms with Gasteiger partial charge in [-0.1, -0.05) is 72.8 Å². The van der Waals surface area contributed by atoms with Crippen LogP contribution in [0.1, 0.15) is 11.1 Å². The summed E-state index contributed by atoms with van der Waals surface area (Å²) < 4.78 is 43.7. The summed E-state index contributed by atoms with van der Waals surface area (Å²) in [6.45, 7) is 0.972. The Morgan fingerprint density at radius 1 is 0.871 bits per heavy atom. The number of nitrogens with zero attached hydrogens (tertiary/aromatic N) is 1. The lowest BCUT2D eigenvalue weighted by atomic mass is 10.2. The molecular formula is C24H25NO5S. The molecule has 0 aliphatic carbocycles. The summed E-state index contributed by atoms with van der Waals surface area (Å²) in [5.74, 6) is 0.487. The molecule has 1 saturated heterocycles. The van der Waals surface area contributed by atoms with Crippen molar-refractivity contribution in [3.63, 3.8) is 0 Å². The van der Waals surface area contributed by atoms with E-state index in [1.807, 2.05) is 66.7 Å². The summed E-state index contributed by atoms with van der Waals surface area (Å²) in [6, 6.07) is 26.5. The molecular weight excluding hydrogens is 414 g/mol. The van der Waals surface area contributed by atoms with Gasteiger partial charge in [0, 0.05) is 0 Å². The molecule has 162 valence electrons. The molecule has 1 aliphatic rings. The Hall–Kier alpha value is -2.87. The number of hydrogen-bond acceptors (Lipinski definition) is 5. The Kier molecular flexibility index (Phi) is 6.56. The standard InChI is InChI=1S/C24H25NO5S/c1-31(26,27)25(16-19-10-4-2-5-11-19)21-14-8-9-15-22(21)28-18-23-24(30-23)29-17-20-12-6-3-7-13-20/h2-15,23-24H,16-18H2,1H3/t23-,24?/m0/s1. The molecule has 7 heteroatoms. The second kappa shape index (κ2) is 9.51. The largest absolute Gasteiger partial charge is 0.488 e. The molecule has 31 heavy (non-hydrogen) atoms. The van der Waals surface area contributed by atoms with E-state index in [0.717, 1.165) is 11.1 Å². The molecule has 0 radical (unpaired) electrons. The predicted octanol–water partition coefficient (Wildman–Crippen LogP) is 3.97. The second-order valence-electron chi connectivity index (χ2n) is 7.37. The predicted molar refractivity (Wildman–Crippen MR) is 119 cm³/mol. The van der Waals surface area contributed by atoms with Gasteiger partial charge in [0.25, 0.3) is 0 Å². The monoisotopic (exact) mass is 439 g/mol. The first-order valence-corrected chi connectivity index (χ1v) is 11.9. The number of hydrogen-bond donors (Lipinski definition) is 0. The highest BCUT2D eigenvalue weighted by Crippen LogP contribution is 2.33. The van der Waals surface area contributed by atoms with E-state index in [4.69, 9.17) is 14.2 Å². The number of benzene rings is 3. The molecule has 0 aromatic heterocycles. The number of para-hydroxylation sites is 2. The molecule has 1 unspecified atom stereocenters. The molecule has 1 heterocycles. The van der Waals surface area contributed by atoms with Crippen molar-refractivity contribution in [3.05, 3.63) is 96.1 Å². The molecule has 3 aromatic carbocycles. The van der Waals surface area contributed by atoms with Crippen LogP contribution in [0.3, 0.4) is 0 Å². The Bertz CT molecular complexity index is 1090. The highest BCUT2D eigenvalue weighted by molar-refractivity contribution is 7.92. The molecule has 0 N–H and O–H groups in total. The van der Waals surface area contributed by atoms with E-state index in [1.54, 1.807) is 18.2 Å². The fraction of sp³-hybridized carbons (Fsp3) is 0.250. The Balaban J connectivity index is 1.40. The van der Waals surface area contributed by atoms with Gasteiger partial charge in [0.1, 0.15) is 18.5 Å². The third-order valence-electron chi connectivity index (χ3n) is 4.90. The van der Waals surface area contributed by atoms with Crippen molar-refractivity contribution in [1.29, 1.82) is 0 Å². The lowest BCUT2D eigenvalue weighted by molar-refractivity contribution is 0.0385. The first kappa shape index (κ1) is 21.4. The fourth-order valence-corrected chi connectivity index (χ4v) is 4.12. The Morgan fingerprint density at radius 2 is 1.48 bits per heavy atom. The van der Waals surface area contributed by atoms with Crippen molar-refractivity contribution < 1.29 is 22.6 Å². The average molecular weight is 440 g/mol. The van der Waals surface area contributed by atoms with Crippen LogP contribution in [-0.2, 0) is 32.6 Å². The van der Waals surface area contributed by atoms with Crippen molar-refractivity contribution in [3.8, 4) is 5.75 Å². The second-order valence-corrected chi connectivity index (χ2v) is 9.28. The molecule has 6 nitrogen and oxygen atoms in total. The van der Waals surface area contributed by atoms with Crippen molar-refractivity contribution >= 4 is 15.7 Å². The van der Waals surface area contributed by atoms with E-state index in [-0.39, 0.29) is 25.5 Å². The number of sulfonamides is 1. The minimum atomic E-state index is -3.51. The lowest BCUT2D eigenvalue weighted by Crippen LogP contribution is -2.29. The van der Waals surface area contributed by atoms with Crippen molar-refractivity contribution in [2.75, 3.05) is 17.2 Å².